The minimum absolute atomic E-state index is 0.496. The predicted molar refractivity (Wildman–Crippen MR) is 73.3 cm³/mol. The first-order chi connectivity index (χ1) is 8.86. The van der Waals surface area contributed by atoms with E-state index in [-0.39, 0.29) is 0 Å². The molecule has 2 heterocycles. The van der Waals surface area contributed by atoms with Gasteiger partial charge in [-0.2, -0.15) is 5.10 Å². The van der Waals surface area contributed by atoms with E-state index in [0.29, 0.717) is 5.92 Å². The summed E-state index contributed by atoms with van der Waals surface area (Å²) in [5, 5.41) is 4.21. The fourth-order valence-electron chi connectivity index (χ4n) is 2.16. The average molecular weight is 260 g/mol. The summed E-state index contributed by atoms with van der Waals surface area (Å²) in [6.07, 6.45) is 3.74. The van der Waals surface area contributed by atoms with Gasteiger partial charge in [0.25, 0.3) is 0 Å². The van der Waals surface area contributed by atoms with E-state index in [0.717, 1.165) is 24.7 Å². The summed E-state index contributed by atoms with van der Waals surface area (Å²) in [6.45, 7) is 3.69. The highest BCUT2D eigenvalue weighted by atomic mass is 32.2. The number of hydrogen-bond donors (Lipinski definition) is 0. The van der Waals surface area contributed by atoms with Crippen molar-refractivity contribution in [2.45, 2.75) is 24.3 Å². The summed E-state index contributed by atoms with van der Waals surface area (Å²) in [7, 11) is 0. The van der Waals surface area contributed by atoms with Crippen LogP contribution in [0.5, 0.6) is 5.75 Å². The molecule has 0 saturated heterocycles. The van der Waals surface area contributed by atoms with E-state index in [4.69, 9.17) is 4.74 Å². The van der Waals surface area contributed by atoms with Gasteiger partial charge in [-0.1, -0.05) is 18.2 Å². The normalized spacial score (nSPS) is 17.7. The molecule has 1 aliphatic rings. The summed E-state index contributed by atoms with van der Waals surface area (Å²) in [5.41, 5.74) is 1.42. The second-order valence-electron chi connectivity index (χ2n) is 4.39. The lowest BCUT2D eigenvalue weighted by Crippen LogP contribution is -2.09. The lowest BCUT2D eigenvalue weighted by atomic mass is 10.0. The van der Waals surface area contributed by atoms with Gasteiger partial charge in [0.1, 0.15) is 0 Å². The standard InChI is InChI=1S/C14H16N2OS/c1-2-16-8-12(7-15-16)17-9-11-10-18-14-6-4-3-5-13(11)14/h3-8,11H,2,9-10H2,1H3. The molecule has 1 atom stereocenters. The molecule has 18 heavy (non-hydrogen) atoms. The molecule has 0 aliphatic carbocycles. The molecule has 4 heteroatoms. The van der Waals surface area contributed by atoms with Crippen molar-refractivity contribution in [1.29, 1.82) is 0 Å². The minimum Gasteiger partial charge on any atom is -0.490 e. The van der Waals surface area contributed by atoms with Gasteiger partial charge in [0.2, 0.25) is 0 Å². The molecule has 3 rings (SSSR count). The van der Waals surface area contributed by atoms with Crippen molar-refractivity contribution in [3.63, 3.8) is 0 Å². The molecule has 0 bridgehead atoms. The SMILES string of the molecule is CCn1cc(OCC2CSc3ccccc32)cn1. The van der Waals surface area contributed by atoms with Crippen molar-refractivity contribution in [2.24, 2.45) is 0 Å². The van der Waals surface area contributed by atoms with Crippen LogP contribution in [0.2, 0.25) is 0 Å². The van der Waals surface area contributed by atoms with Crippen molar-refractivity contribution in [3.05, 3.63) is 42.2 Å². The zero-order chi connectivity index (χ0) is 12.4. The first kappa shape index (κ1) is 11.7. The third-order valence-corrected chi connectivity index (χ3v) is 4.44. The molecule has 0 radical (unpaired) electrons. The average Bonchev–Trinajstić information content (AvgIpc) is 3.03. The number of nitrogens with zero attached hydrogens (tertiary/aromatic N) is 2. The molecule has 2 aromatic rings. The van der Waals surface area contributed by atoms with Crippen molar-refractivity contribution in [1.82, 2.24) is 9.78 Å². The van der Waals surface area contributed by atoms with Crippen LogP contribution in [0, 0.1) is 0 Å². The maximum Gasteiger partial charge on any atom is 0.157 e. The van der Waals surface area contributed by atoms with Gasteiger partial charge in [-0.05, 0) is 18.6 Å². The molecule has 1 unspecified atom stereocenters. The fraction of sp³-hybridized carbons (Fsp3) is 0.357. The number of aromatic nitrogens is 2. The summed E-state index contributed by atoms with van der Waals surface area (Å²) in [5.74, 6) is 2.48. The molecule has 0 N–H and O–H groups in total. The molecular formula is C14H16N2OS. The van der Waals surface area contributed by atoms with E-state index in [1.54, 1.807) is 6.20 Å². The van der Waals surface area contributed by atoms with E-state index in [1.165, 1.54) is 10.5 Å². The third-order valence-electron chi connectivity index (χ3n) is 3.18. The highest BCUT2D eigenvalue weighted by molar-refractivity contribution is 7.99. The van der Waals surface area contributed by atoms with Crippen LogP contribution >= 0.6 is 11.8 Å². The number of hydrogen-bond acceptors (Lipinski definition) is 3. The highest BCUT2D eigenvalue weighted by Gasteiger charge is 2.23. The number of thioether (sulfide) groups is 1. The van der Waals surface area contributed by atoms with Crippen LogP contribution in [0.1, 0.15) is 18.4 Å². The number of aryl methyl sites for hydroxylation is 1. The Morgan fingerprint density at radius 2 is 2.33 bits per heavy atom. The molecule has 1 aliphatic heterocycles. The zero-order valence-corrected chi connectivity index (χ0v) is 11.2. The van der Waals surface area contributed by atoms with Crippen LogP contribution < -0.4 is 4.74 Å². The highest BCUT2D eigenvalue weighted by Crippen LogP contribution is 2.39. The largest absolute Gasteiger partial charge is 0.490 e. The number of benzene rings is 1. The number of rotatable bonds is 4. The topological polar surface area (TPSA) is 27.1 Å². The molecule has 94 valence electrons. The Balaban J connectivity index is 1.65. The lowest BCUT2D eigenvalue weighted by Gasteiger charge is -2.10. The Morgan fingerprint density at radius 1 is 1.44 bits per heavy atom. The van der Waals surface area contributed by atoms with Gasteiger partial charge in [-0.3, -0.25) is 4.68 Å². The molecule has 1 aromatic carbocycles. The van der Waals surface area contributed by atoms with Gasteiger partial charge in [0, 0.05) is 23.1 Å². The minimum atomic E-state index is 0.496. The first-order valence-electron chi connectivity index (χ1n) is 6.24. The van der Waals surface area contributed by atoms with Crippen molar-refractivity contribution in [2.75, 3.05) is 12.4 Å². The summed E-state index contributed by atoms with van der Waals surface area (Å²) in [4.78, 5) is 1.40. The van der Waals surface area contributed by atoms with Crippen LogP contribution in [0.3, 0.4) is 0 Å². The van der Waals surface area contributed by atoms with Gasteiger partial charge < -0.3 is 4.74 Å². The Bertz CT molecular complexity index is 538. The van der Waals surface area contributed by atoms with Gasteiger partial charge in [0.15, 0.2) is 5.75 Å². The Morgan fingerprint density at radius 3 is 3.17 bits per heavy atom. The lowest BCUT2D eigenvalue weighted by molar-refractivity contribution is 0.297. The maximum atomic E-state index is 5.83. The summed E-state index contributed by atoms with van der Waals surface area (Å²) in [6, 6.07) is 8.60. The van der Waals surface area contributed by atoms with Crippen LogP contribution in [0.15, 0.2) is 41.6 Å². The molecule has 0 fully saturated rings. The zero-order valence-electron chi connectivity index (χ0n) is 10.4. The Kier molecular flexibility index (Phi) is 3.28. The van der Waals surface area contributed by atoms with Crippen molar-refractivity contribution in [3.8, 4) is 5.75 Å². The van der Waals surface area contributed by atoms with E-state index >= 15 is 0 Å². The molecular weight excluding hydrogens is 244 g/mol. The van der Waals surface area contributed by atoms with E-state index in [2.05, 4.69) is 36.3 Å². The number of ether oxygens (including phenoxy) is 1. The van der Waals surface area contributed by atoms with E-state index in [1.807, 2.05) is 22.6 Å². The van der Waals surface area contributed by atoms with Crippen LogP contribution in [-0.4, -0.2) is 22.1 Å². The predicted octanol–water partition coefficient (Wildman–Crippen LogP) is 3.17. The Labute approximate surface area is 111 Å². The molecule has 0 amide bonds. The fourth-order valence-corrected chi connectivity index (χ4v) is 3.39. The second kappa shape index (κ2) is 5.06. The molecule has 1 aromatic heterocycles. The van der Waals surface area contributed by atoms with Crippen molar-refractivity contribution >= 4 is 11.8 Å². The smallest absolute Gasteiger partial charge is 0.157 e. The van der Waals surface area contributed by atoms with Gasteiger partial charge >= 0.3 is 0 Å². The van der Waals surface area contributed by atoms with Crippen LogP contribution in [0.4, 0.5) is 0 Å². The van der Waals surface area contributed by atoms with Gasteiger partial charge in [-0.25, -0.2) is 0 Å². The van der Waals surface area contributed by atoms with Crippen molar-refractivity contribution < 1.29 is 4.74 Å². The number of fused-ring (bicyclic) bond motifs is 1. The van der Waals surface area contributed by atoms with Gasteiger partial charge in [0.05, 0.1) is 19.0 Å². The van der Waals surface area contributed by atoms with E-state index in [9.17, 15) is 0 Å². The van der Waals surface area contributed by atoms with Crippen LogP contribution in [0.25, 0.3) is 0 Å². The second-order valence-corrected chi connectivity index (χ2v) is 5.45. The molecule has 0 saturated carbocycles. The first-order valence-corrected chi connectivity index (χ1v) is 7.22. The molecule has 0 spiro atoms. The molecule has 3 nitrogen and oxygen atoms in total. The van der Waals surface area contributed by atoms with Gasteiger partial charge in [-0.15, -0.1) is 11.8 Å². The van der Waals surface area contributed by atoms with Crippen LogP contribution in [-0.2, 0) is 6.54 Å². The quantitative estimate of drug-likeness (QED) is 0.845. The van der Waals surface area contributed by atoms with E-state index < -0.39 is 0 Å². The maximum absolute atomic E-state index is 5.83. The summed E-state index contributed by atoms with van der Waals surface area (Å²) >= 11 is 1.92. The summed E-state index contributed by atoms with van der Waals surface area (Å²) < 4.78 is 7.71. The Hall–Kier alpha value is -1.42. The third kappa shape index (κ3) is 2.25. The monoisotopic (exact) mass is 260 g/mol.